The minimum absolute atomic E-state index is 0.0116. The lowest BCUT2D eigenvalue weighted by molar-refractivity contribution is -0.150. The summed E-state index contributed by atoms with van der Waals surface area (Å²) in [5.74, 6) is -0.457. The summed E-state index contributed by atoms with van der Waals surface area (Å²) in [6.45, 7) is 4.66. The molecule has 0 aliphatic heterocycles. The van der Waals surface area contributed by atoms with E-state index in [-0.39, 0.29) is 26.4 Å². The number of benzene rings is 3. The third-order valence-corrected chi connectivity index (χ3v) is 6.53. The van der Waals surface area contributed by atoms with E-state index in [1.165, 1.54) is 0 Å². The Bertz CT molecular complexity index is 1290. The molecule has 0 aliphatic rings. The van der Waals surface area contributed by atoms with E-state index in [0.29, 0.717) is 23.4 Å². The second kappa shape index (κ2) is 15.1. The number of hydrogen-bond donors (Lipinski definition) is 2. The maximum atomic E-state index is 13.0. The third-order valence-electron chi connectivity index (χ3n) is 6.53. The smallest absolute Gasteiger partial charge is 0.340 e. The molecule has 0 amide bonds. The number of ether oxygens (including phenoxy) is 4. The van der Waals surface area contributed by atoms with Gasteiger partial charge in [-0.2, -0.15) is 0 Å². The molecular weight excluding hydrogens is 506 g/mol. The summed E-state index contributed by atoms with van der Waals surface area (Å²) in [6, 6.07) is 29.2. The molecule has 0 unspecified atom stereocenters. The topological polar surface area (TPSA) is 90.0 Å². The number of aromatic amines is 1. The number of esters is 1. The van der Waals surface area contributed by atoms with E-state index in [1.54, 1.807) is 13.1 Å². The summed E-state index contributed by atoms with van der Waals surface area (Å²) in [5, 5.41) is 11.5. The van der Waals surface area contributed by atoms with Crippen molar-refractivity contribution in [3.8, 4) is 0 Å². The fourth-order valence-corrected chi connectivity index (χ4v) is 4.50. The van der Waals surface area contributed by atoms with Crippen molar-refractivity contribution >= 4 is 5.97 Å². The molecule has 0 saturated heterocycles. The predicted molar refractivity (Wildman–Crippen MR) is 153 cm³/mol. The van der Waals surface area contributed by atoms with Crippen LogP contribution in [0.5, 0.6) is 0 Å². The SMILES string of the molecule is CCOC(=O)c1c([C@@H](OCc2ccccc2)[C@H](OCc2ccccc2)[C@H](O)COCc2ccccc2)c[nH]c1C. The van der Waals surface area contributed by atoms with Crippen LogP contribution in [0.4, 0.5) is 0 Å². The van der Waals surface area contributed by atoms with Crippen molar-refractivity contribution in [2.24, 2.45) is 0 Å². The van der Waals surface area contributed by atoms with Crippen molar-refractivity contribution in [2.75, 3.05) is 13.2 Å². The Labute approximate surface area is 235 Å². The first kappa shape index (κ1) is 29.2. The lowest BCUT2D eigenvalue weighted by Crippen LogP contribution is -2.39. The van der Waals surface area contributed by atoms with Gasteiger partial charge in [-0.3, -0.25) is 0 Å². The molecule has 0 saturated carbocycles. The molecule has 4 aromatic rings. The van der Waals surface area contributed by atoms with Gasteiger partial charge in [0.2, 0.25) is 0 Å². The normalized spacial score (nSPS) is 13.5. The average molecular weight is 544 g/mol. The predicted octanol–water partition coefficient (Wildman–Crippen LogP) is 5.92. The molecule has 7 heteroatoms. The van der Waals surface area contributed by atoms with Crippen LogP contribution in [0.3, 0.4) is 0 Å². The largest absolute Gasteiger partial charge is 0.462 e. The molecule has 3 atom stereocenters. The number of hydrogen-bond acceptors (Lipinski definition) is 6. The molecule has 0 aliphatic carbocycles. The highest BCUT2D eigenvalue weighted by Crippen LogP contribution is 2.33. The second-order valence-corrected chi connectivity index (χ2v) is 9.51. The quantitative estimate of drug-likeness (QED) is 0.181. The minimum atomic E-state index is -1.06. The van der Waals surface area contributed by atoms with Crippen LogP contribution in [0.15, 0.2) is 97.2 Å². The summed E-state index contributed by atoms with van der Waals surface area (Å²) in [6.07, 6.45) is -0.988. The number of aliphatic hydroxyl groups excluding tert-OH is 1. The van der Waals surface area contributed by atoms with Gasteiger partial charge in [-0.15, -0.1) is 0 Å². The van der Waals surface area contributed by atoms with Crippen LogP contribution in [-0.4, -0.2) is 41.5 Å². The molecule has 0 spiro atoms. The Balaban J connectivity index is 1.63. The number of aliphatic hydroxyl groups is 1. The number of H-pyrrole nitrogens is 1. The van der Waals surface area contributed by atoms with Gasteiger partial charge in [0.15, 0.2) is 0 Å². The average Bonchev–Trinajstić information content (AvgIpc) is 3.37. The molecule has 1 aromatic heterocycles. The number of carbonyl (C=O) groups excluding carboxylic acids is 1. The summed E-state index contributed by atoms with van der Waals surface area (Å²) in [7, 11) is 0. The van der Waals surface area contributed by atoms with Gasteiger partial charge in [0.05, 0.1) is 38.6 Å². The van der Waals surface area contributed by atoms with Gasteiger partial charge >= 0.3 is 5.97 Å². The van der Waals surface area contributed by atoms with Gasteiger partial charge in [-0.25, -0.2) is 4.79 Å². The summed E-state index contributed by atoms with van der Waals surface area (Å²) < 4.78 is 24.1. The van der Waals surface area contributed by atoms with Gasteiger partial charge in [0, 0.05) is 17.5 Å². The summed E-state index contributed by atoms with van der Waals surface area (Å²) in [5.41, 5.74) is 4.49. The van der Waals surface area contributed by atoms with E-state index < -0.39 is 24.3 Å². The van der Waals surface area contributed by atoms with Gasteiger partial charge < -0.3 is 29.0 Å². The third kappa shape index (κ3) is 8.13. The zero-order valence-corrected chi connectivity index (χ0v) is 23.0. The summed E-state index contributed by atoms with van der Waals surface area (Å²) >= 11 is 0. The van der Waals surface area contributed by atoms with Gasteiger partial charge in [-0.05, 0) is 30.5 Å². The Morgan fingerprint density at radius 1 is 0.800 bits per heavy atom. The molecule has 4 rings (SSSR count). The Kier molecular flexibility index (Phi) is 11.1. The number of rotatable bonds is 15. The molecule has 7 nitrogen and oxygen atoms in total. The van der Waals surface area contributed by atoms with Crippen LogP contribution >= 0.6 is 0 Å². The maximum Gasteiger partial charge on any atom is 0.340 e. The molecule has 1 heterocycles. The van der Waals surface area contributed by atoms with Crippen LogP contribution in [0.2, 0.25) is 0 Å². The van der Waals surface area contributed by atoms with Gasteiger partial charge in [-0.1, -0.05) is 91.0 Å². The molecule has 2 N–H and O–H groups in total. The monoisotopic (exact) mass is 543 g/mol. The zero-order valence-electron chi connectivity index (χ0n) is 23.0. The lowest BCUT2D eigenvalue weighted by atomic mass is 9.97. The van der Waals surface area contributed by atoms with Crippen molar-refractivity contribution in [2.45, 2.75) is 52.0 Å². The van der Waals surface area contributed by atoms with Crippen molar-refractivity contribution in [1.29, 1.82) is 0 Å². The first-order valence-electron chi connectivity index (χ1n) is 13.5. The van der Waals surface area contributed by atoms with Crippen molar-refractivity contribution in [3.05, 3.63) is 131 Å². The lowest BCUT2D eigenvalue weighted by Gasteiger charge is -2.31. The van der Waals surface area contributed by atoms with Crippen molar-refractivity contribution in [1.82, 2.24) is 4.98 Å². The van der Waals surface area contributed by atoms with Crippen LogP contribution < -0.4 is 0 Å². The fraction of sp³-hybridized carbons (Fsp3) is 0.303. The Hall–Kier alpha value is -3.75. The number of carbonyl (C=O) groups is 1. The van der Waals surface area contributed by atoms with Gasteiger partial charge in [0.1, 0.15) is 18.3 Å². The van der Waals surface area contributed by atoms with Crippen LogP contribution in [-0.2, 0) is 38.8 Å². The maximum absolute atomic E-state index is 13.0. The highest BCUT2D eigenvalue weighted by atomic mass is 16.6. The molecule has 0 fully saturated rings. The van der Waals surface area contributed by atoms with E-state index in [4.69, 9.17) is 18.9 Å². The Morgan fingerprint density at radius 3 is 1.88 bits per heavy atom. The molecular formula is C33H37NO6. The summed E-state index contributed by atoms with van der Waals surface area (Å²) in [4.78, 5) is 16.1. The molecule has 0 radical (unpaired) electrons. The number of aromatic nitrogens is 1. The highest BCUT2D eigenvalue weighted by Gasteiger charge is 2.36. The van der Waals surface area contributed by atoms with E-state index in [0.717, 1.165) is 16.7 Å². The van der Waals surface area contributed by atoms with Gasteiger partial charge in [0.25, 0.3) is 0 Å². The van der Waals surface area contributed by atoms with Crippen molar-refractivity contribution < 1.29 is 28.8 Å². The fourth-order valence-electron chi connectivity index (χ4n) is 4.50. The standard InChI is InChI=1S/C33H37NO6/c1-3-38-33(36)30-24(2)34-19-28(30)31(39-21-26-15-9-5-10-16-26)32(40-22-27-17-11-6-12-18-27)29(35)23-37-20-25-13-7-4-8-14-25/h4-19,29,31-32,34-35H,3,20-23H2,1-2H3/t29-,31-,32-/m1/s1. The van der Waals surface area contributed by atoms with Crippen LogP contribution in [0.25, 0.3) is 0 Å². The van der Waals surface area contributed by atoms with Crippen molar-refractivity contribution in [3.63, 3.8) is 0 Å². The molecule has 40 heavy (non-hydrogen) atoms. The minimum Gasteiger partial charge on any atom is -0.462 e. The van der Waals surface area contributed by atoms with Crippen LogP contribution in [0, 0.1) is 6.92 Å². The Morgan fingerprint density at radius 2 is 1.32 bits per heavy atom. The second-order valence-electron chi connectivity index (χ2n) is 9.51. The molecule has 0 bridgehead atoms. The highest BCUT2D eigenvalue weighted by molar-refractivity contribution is 5.92. The van der Waals surface area contributed by atoms with E-state index in [9.17, 15) is 9.90 Å². The van der Waals surface area contributed by atoms with E-state index in [1.807, 2.05) is 97.9 Å². The zero-order chi connectivity index (χ0) is 28.2. The van der Waals surface area contributed by atoms with Crippen LogP contribution in [0.1, 0.15) is 51.3 Å². The van der Waals surface area contributed by atoms with E-state index in [2.05, 4.69) is 4.98 Å². The first-order chi connectivity index (χ1) is 19.6. The number of aryl methyl sites for hydroxylation is 1. The number of nitrogens with one attached hydrogen (secondary N) is 1. The molecule has 210 valence electrons. The van der Waals surface area contributed by atoms with E-state index >= 15 is 0 Å². The first-order valence-corrected chi connectivity index (χ1v) is 13.5. The molecule has 3 aromatic carbocycles.